The van der Waals surface area contributed by atoms with Crippen LogP contribution in [0.3, 0.4) is 0 Å². The molecule has 2 aromatic rings. The van der Waals surface area contributed by atoms with E-state index in [-0.39, 0.29) is 11.0 Å². The van der Waals surface area contributed by atoms with E-state index >= 15 is 0 Å². The molecule has 0 aromatic carbocycles. The van der Waals surface area contributed by atoms with Crippen LogP contribution in [0.5, 0.6) is 0 Å². The van der Waals surface area contributed by atoms with Crippen LogP contribution >= 0.6 is 24.0 Å². The molecule has 0 radical (unpaired) electrons. The van der Waals surface area contributed by atoms with E-state index in [1.165, 1.54) is 25.7 Å². The summed E-state index contributed by atoms with van der Waals surface area (Å²) < 4.78 is 2.97. The van der Waals surface area contributed by atoms with Gasteiger partial charge in [0.15, 0.2) is 0 Å². The van der Waals surface area contributed by atoms with Crippen LogP contribution in [-0.2, 0) is 6.54 Å². The lowest BCUT2D eigenvalue weighted by atomic mass is 9.88. The van der Waals surface area contributed by atoms with Gasteiger partial charge in [0.05, 0.1) is 5.39 Å². The number of fused-ring (bicyclic) bond motifs is 1. The number of thiophene rings is 1. The Hall–Kier alpha value is -0.740. The highest BCUT2D eigenvalue weighted by molar-refractivity contribution is 7.80. The molecular formula is C14H17NOS2. The van der Waals surface area contributed by atoms with Gasteiger partial charge in [0.1, 0.15) is 0 Å². The molecule has 0 unspecified atom stereocenters. The minimum absolute atomic E-state index is 0.154. The summed E-state index contributed by atoms with van der Waals surface area (Å²) in [7, 11) is 0. The number of hydrogen-bond acceptors (Lipinski definition) is 3. The lowest BCUT2D eigenvalue weighted by Crippen LogP contribution is -2.31. The summed E-state index contributed by atoms with van der Waals surface area (Å²) >= 11 is 6.14. The van der Waals surface area contributed by atoms with Crippen molar-refractivity contribution >= 4 is 34.1 Å². The Morgan fingerprint density at radius 3 is 2.83 bits per heavy atom. The number of nitrogens with zero attached hydrogens (tertiary/aromatic N) is 1. The molecule has 2 aromatic heterocycles. The topological polar surface area (TPSA) is 22.0 Å². The maximum absolute atomic E-state index is 12.4. The molecule has 3 rings (SSSR count). The highest BCUT2D eigenvalue weighted by atomic mass is 32.1. The molecule has 1 aliphatic rings. The van der Waals surface area contributed by atoms with Crippen molar-refractivity contribution in [2.24, 2.45) is 5.41 Å². The first-order chi connectivity index (χ1) is 8.74. The summed E-state index contributed by atoms with van der Waals surface area (Å²) in [5, 5.41) is 2.84. The number of pyridine rings is 1. The lowest BCUT2D eigenvalue weighted by Gasteiger charge is -2.27. The quantitative estimate of drug-likeness (QED) is 0.853. The predicted molar refractivity (Wildman–Crippen MR) is 80.8 cm³/mol. The average molecular weight is 279 g/mol. The summed E-state index contributed by atoms with van der Waals surface area (Å²) in [4.78, 5) is 12.4. The van der Waals surface area contributed by atoms with Crippen molar-refractivity contribution in [1.82, 2.24) is 4.57 Å². The highest BCUT2D eigenvalue weighted by Gasteiger charge is 2.33. The van der Waals surface area contributed by atoms with Crippen LogP contribution in [0.15, 0.2) is 28.5 Å². The molecule has 1 aliphatic carbocycles. The van der Waals surface area contributed by atoms with Crippen LogP contribution in [0, 0.1) is 5.41 Å². The zero-order valence-electron chi connectivity index (χ0n) is 10.3. The van der Waals surface area contributed by atoms with E-state index in [2.05, 4.69) is 18.7 Å². The maximum atomic E-state index is 12.4. The largest absolute Gasteiger partial charge is 0.314 e. The molecule has 0 bridgehead atoms. The second kappa shape index (κ2) is 4.74. The molecule has 2 heterocycles. The molecule has 0 saturated heterocycles. The van der Waals surface area contributed by atoms with Crippen LogP contribution in [0.25, 0.3) is 10.1 Å². The Kier molecular flexibility index (Phi) is 3.24. The number of rotatable bonds is 3. The standard InChI is InChI=1S/C14H17NOS2/c16-13-11-4-8-18-12(11)3-7-15(13)9-14(10-17)5-1-2-6-14/h3-4,7-8,17H,1-2,5-6,9-10H2. The van der Waals surface area contributed by atoms with Crippen molar-refractivity contribution < 1.29 is 0 Å². The fourth-order valence-corrected chi connectivity index (χ4v) is 4.17. The van der Waals surface area contributed by atoms with Crippen molar-refractivity contribution in [3.63, 3.8) is 0 Å². The van der Waals surface area contributed by atoms with Crippen LogP contribution in [-0.4, -0.2) is 10.3 Å². The van der Waals surface area contributed by atoms with Crippen molar-refractivity contribution in [2.75, 3.05) is 5.75 Å². The molecule has 4 heteroatoms. The first-order valence-electron chi connectivity index (χ1n) is 6.42. The summed E-state index contributed by atoms with van der Waals surface area (Å²) in [6, 6.07) is 3.99. The summed E-state index contributed by atoms with van der Waals surface area (Å²) in [6.07, 6.45) is 6.89. The normalized spacial score (nSPS) is 18.5. The molecule has 18 heavy (non-hydrogen) atoms. The molecule has 1 fully saturated rings. The van der Waals surface area contributed by atoms with E-state index in [4.69, 9.17) is 0 Å². The molecule has 0 spiro atoms. The zero-order valence-corrected chi connectivity index (χ0v) is 12.0. The summed E-state index contributed by atoms with van der Waals surface area (Å²) in [5.41, 5.74) is 0.387. The lowest BCUT2D eigenvalue weighted by molar-refractivity contribution is 0.287. The van der Waals surface area contributed by atoms with Crippen LogP contribution in [0.4, 0.5) is 0 Å². The van der Waals surface area contributed by atoms with Crippen molar-refractivity contribution in [3.8, 4) is 0 Å². The molecule has 0 aliphatic heterocycles. The Labute approximate surface area is 116 Å². The molecule has 2 nitrogen and oxygen atoms in total. The Morgan fingerprint density at radius 1 is 1.33 bits per heavy atom. The van der Waals surface area contributed by atoms with E-state index in [0.717, 1.165) is 22.4 Å². The SMILES string of the molecule is O=c1c2ccsc2ccn1CC1(CS)CCCC1. The monoisotopic (exact) mass is 279 g/mol. The van der Waals surface area contributed by atoms with Gasteiger partial charge in [-0.1, -0.05) is 12.8 Å². The van der Waals surface area contributed by atoms with Crippen LogP contribution < -0.4 is 5.56 Å². The second-order valence-corrected chi connectivity index (χ2v) is 6.58. The Balaban J connectivity index is 1.99. The van der Waals surface area contributed by atoms with Gasteiger partial charge in [-0.05, 0) is 41.5 Å². The third kappa shape index (κ3) is 2.01. The third-order valence-corrected chi connectivity index (χ3v) is 5.65. The van der Waals surface area contributed by atoms with Gasteiger partial charge in [-0.2, -0.15) is 12.6 Å². The van der Waals surface area contributed by atoms with Crippen molar-refractivity contribution in [3.05, 3.63) is 34.1 Å². The molecule has 0 atom stereocenters. The van der Waals surface area contributed by atoms with Gasteiger partial charge in [-0.3, -0.25) is 4.79 Å². The van der Waals surface area contributed by atoms with Crippen molar-refractivity contribution in [1.29, 1.82) is 0 Å². The van der Waals surface area contributed by atoms with Crippen LogP contribution in [0.2, 0.25) is 0 Å². The van der Waals surface area contributed by atoms with Gasteiger partial charge in [0, 0.05) is 17.4 Å². The predicted octanol–water partition coefficient (Wildman–Crippen LogP) is 3.55. The number of aromatic nitrogens is 1. The fourth-order valence-electron chi connectivity index (χ4n) is 2.98. The molecule has 1 saturated carbocycles. The molecule has 0 amide bonds. The van der Waals surface area contributed by atoms with E-state index in [1.54, 1.807) is 11.3 Å². The van der Waals surface area contributed by atoms with E-state index < -0.39 is 0 Å². The minimum atomic E-state index is 0.154. The fraction of sp³-hybridized carbons (Fsp3) is 0.500. The second-order valence-electron chi connectivity index (χ2n) is 5.31. The highest BCUT2D eigenvalue weighted by Crippen LogP contribution is 2.40. The minimum Gasteiger partial charge on any atom is -0.314 e. The Morgan fingerprint density at radius 2 is 2.11 bits per heavy atom. The van der Waals surface area contributed by atoms with Gasteiger partial charge < -0.3 is 4.57 Å². The maximum Gasteiger partial charge on any atom is 0.259 e. The Bertz CT molecular complexity index is 608. The van der Waals surface area contributed by atoms with Gasteiger partial charge in [-0.15, -0.1) is 11.3 Å². The summed E-state index contributed by atoms with van der Waals surface area (Å²) in [5.74, 6) is 0.876. The first kappa shape index (κ1) is 12.3. The summed E-state index contributed by atoms with van der Waals surface area (Å²) in [6.45, 7) is 0.821. The van der Waals surface area contributed by atoms with Gasteiger partial charge in [0.2, 0.25) is 0 Å². The van der Waals surface area contributed by atoms with Gasteiger partial charge in [0.25, 0.3) is 5.56 Å². The van der Waals surface area contributed by atoms with E-state index in [0.29, 0.717) is 0 Å². The van der Waals surface area contributed by atoms with Gasteiger partial charge >= 0.3 is 0 Å². The van der Waals surface area contributed by atoms with Crippen molar-refractivity contribution in [2.45, 2.75) is 32.2 Å². The molecular weight excluding hydrogens is 262 g/mol. The van der Waals surface area contributed by atoms with Gasteiger partial charge in [-0.25, -0.2) is 0 Å². The third-order valence-electron chi connectivity index (χ3n) is 4.10. The van der Waals surface area contributed by atoms with E-state index in [9.17, 15) is 4.79 Å². The zero-order chi connectivity index (χ0) is 12.6. The number of thiol groups is 1. The smallest absolute Gasteiger partial charge is 0.259 e. The number of hydrogen-bond donors (Lipinski definition) is 1. The first-order valence-corrected chi connectivity index (χ1v) is 7.93. The van der Waals surface area contributed by atoms with E-state index in [1.807, 2.05) is 22.2 Å². The van der Waals surface area contributed by atoms with Crippen LogP contribution in [0.1, 0.15) is 25.7 Å². The molecule has 96 valence electrons. The average Bonchev–Trinajstić information content (AvgIpc) is 3.03. The molecule has 0 N–H and O–H groups in total.